The summed E-state index contributed by atoms with van der Waals surface area (Å²) in [6.07, 6.45) is 44.3. The summed E-state index contributed by atoms with van der Waals surface area (Å²) in [5.41, 5.74) is 0. The van der Waals surface area contributed by atoms with Crippen LogP contribution in [0.15, 0.2) is 48.6 Å². The van der Waals surface area contributed by atoms with E-state index in [9.17, 15) is 19.0 Å². The molecule has 0 spiro atoms. The van der Waals surface area contributed by atoms with Crippen LogP contribution >= 0.6 is 7.82 Å². The van der Waals surface area contributed by atoms with E-state index in [0.29, 0.717) is 17.4 Å². The highest BCUT2D eigenvalue weighted by Gasteiger charge is 2.21. The quantitative estimate of drug-likeness (QED) is 0.0198. The van der Waals surface area contributed by atoms with Crippen molar-refractivity contribution in [3.05, 3.63) is 48.6 Å². The Labute approximate surface area is 343 Å². The molecule has 0 rings (SSSR count). The minimum absolute atomic E-state index is 0.0393. The molecular formula is C46H84NO8P. The number of hydrogen-bond acceptors (Lipinski definition) is 8. The molecule has 9 nitrogen and oxygen atoms in total. The highest BCUT2D eigenvalue weighted by Crippen LogP contribution is 2.38. The Morgan fingerprint density at radius 1 is 0.571 bits per heavy atom. The van der Waals surface area contributed by atoms with Crippen LogP contribution in [0.4, 0.5) is 0 Å². The van der Waals surface area contributed by atoms with Crippen LogP contribution in [0.1, 0.15) is 181 Å². The zero-order valence-electron chi connectivity index (χ0n) is 36.6. The molecule has 0 aliphatic rings. The Morgan fingerprint density at radius 3 is 1.52 bits per heavy atom. The van der Waals surface area contributed by atoms with Crippen molar-refractivity contribution in [1.82, 2.24) is 0 Å². The Bertz CT molecular complexity index is 1100. The van der Waals surface area contributed by atoms with Gasteiger partial charge in [-0.15, -0.1) is 0 Å². The van der Waals surface area contributed by atoms with Crippen LogP contribution in [0.2, 0.25) is 0 Å². The molecule has 0 heterocycles. The lowest BCUT2D eigenvalue weighted by molar-refractivity contribution is -0.870. The highest BCUT2D eigenvalue weighted by molar-refractivity contribution is 7.45. The number of allylic oxidation sites excluding steroid dienone is 8. The number of carbonyl (C=O) groups is 2. The third kappa shape index (κ3) is 41.6. The largest absolute Gasteiger partial charge is 0.756 e. The number of quaternary nitrogens is 1. The Hall–Kier alpha value is -2.03. The molecule has 0 amide bonds. The van der Waals surface area contributed by atoms with Gasteiger partial charge in [0.1, 0.15) is 19.8 Å². The standard InChI is InChI=1S/C46H84NO8P/c1-6-8-10-12-14-16-18-20-22-23-25-26-28-30-32-34-36-38-45(48)52-42-44(43-54-56(50,51)53-41-40-47(3,4)5)55-46(49)39-37-35-33-31-29-27-24-21-19-17-15-13-11-9-7-2/h9,11,15,17,21,24,29,31,44H,6-8,10,12-14,16,18-20,22-23,25-28,30,32-43H2,1-5H3/b11-9-,17-15-,24-21-,31-29-. The molecule has 2 atom stereocenters. The van der Waals surface area contributed by atoms with Crippen LogP contribution in [-0.4, -0.2) is 70.0 Å². The van der Waals surface area contributed by atoms with Gasteiger partial charge in [0.2, 0.25) is 0 Å². The predicted molar refractivity (Wildman–Crippen MR) is 231 cm³/mol. The summed E-state index contributed by atoms with van der Waals surface area (Å²) in [7, 11) is 1.14. The molecule has 2 unspecified atom stereocenters. The van der Waals surface area contributed by atoms with Crippen molar-refractivity contribution in [2.75, 3.05) is 47.5 Å². The Balaban J connectivity index is 4.39. The predicted octanol–water partition coefficient (Wildman–Crippen LogP) is 12.1. The first-order chi connectivity index (χ1) is 27.0. The van der Waals surface area contributed by atoms with E-state index in [1.54, 1.807) is 0 Å². The average Bonchev–Trinajstić information content (AvgIpc) is 3.15. The van der Waals surface area contributed by atoms with E-state index in [2.05, 4.69) is 62.5 Å². The van der Waals surface area contributed by atoms with Crippen molar-refractivity contribution in [1.29, 1.82) is 0 Å². The first-order valence-corrected chi connectivity index (χ1v) is 23.8. The molecule has 326 valence electrons. The summed E-state index contributed by atoms with van der Waals surface area (Å²) in [5.74, 6) is -0.880. The van der Waals surface area contributed by atoms with Gasteiger partial charge in [-0.05, 0) is 51.4 Å². The number of carbonyl (C=O) groups excluding carboxylic acids is 2. The van der Waals surface area contributed by atoms with E-state index >= 15 is 0 Å². The number of unbranched alkanes of at least 4 members (excludes halogenated alkanes) is 18. The van der Waals surface area contributed by atoms with Gasteiger partial charge in [0.25, 0.3) is 7.82 Å². The van der Waals surface area contributed by atoms with Crippen LogP contribution < -0.4 is 4.89 Å². The zero-order valence-corrected chi connectivity index (χ0v) is 37.5. The minimum atomic E-state index is -4.64. The van der Waals surface area contributed by atoms with Crippen molar-refractivity contribution in [3.8, 4) is 0 Å². The smallest absolute Gasteiger partial charge is 0.306 e. The fraction of sp³-hybridized carbons (Fsp3) is 0.783. The summed E-state index contributed by atoms with van der Waals surface area (Å²) in [5, 5.41) is 0. The van der Waals surface area contributed by atoms with E-state index in [-0.39, 0.29) is 26.1 Å². The maximum atomic E-state index is 12.6. The van der Waals surface area contributed by atoms with Crippen LogP contribution in [0, 0.1) is 0 Å². The molecule has 10 heteroatoms. The maximum absolute atomic E-state index is 12.6. The summed E-state index contributed by atoms with van der Waals surface area (Å²) in [4.78, 5) is 37.5. The van der Waals surface area contributed by atoms with Crippen molar-refractivity contribution >= 4 is 19.8 Å². The van der Waals surface area contributed by atoms with Gasteiger partial charge in [-0.2, -0.15) is 0 Å². The number of phosphoric ester groups is 1. The molecule has 0 radical (unpaired) electrons. The number of likely N-dealkylation sites (N-methyl/N-ethyl adjacent to an activating group) is 1. The van der Waals surface area contributed by atoms with Gasteiger partial charge in [-0.1, -0.05) is 165 Å². The topological polar surface area (TPSA) is 111 Å². The molecular weight excluding hydrogens is 725 g/mol. The zero-order chi connectivity index (χ0) is 41.4. The van der Waals surface area contributed by atoms with E-state index < -0.39 is 32.5 Å². The molecule has 0 fully saturated rings. The number of hydrogen-bond donors (Lipinski definition) is 0. The molecule has 0 aromatic rings. The number of rotatable bonds is 40. The third-order valence-electron chi connectivity index (χ3n) is 9.36. The molecule has 0 aromatic heterocycles. The summed E-state index contributed by atoms with van der Waals surface area (Å²) in [6.45, 7) is 4.07. The van der Waals surface area contributed by atoms with Crippen LogP contribution in [0.3, 0.4) is 0 Å². The Morgan fingerprint density at radius 2 is 1.02 bits per heavy atom. The van der Waals surface area contributed by atoms with Gasteiger partial charge >= 0.3 is 11.9 Å². The van der Waals surface area contributed by atoms with Gasteiger partial charge in [0, 0.05) is 12.8 Å². The van der Waals surface area contributed by atoms with Gasteiger partial charge in [-0.25, -0.2) is 0 Å². The molecule has 0 aliphatic carbocycles. The monoisotopic (exact) mass is 810 g/mol. The van der Waals surface area contributed by atoms with E-state index in [4.69, 9.17) is 18.5 Å². The highest BCUT2D eigenvalue weighted by atomic mass is 31.2. The normalized spacial score (nSPS) is 14.0. The number of phosphoric acid groups is 1. The second-order valence-electron chi connectivity index (χ2n) is 16.0. The fourth-order valence-corrected chi connectivity index (χ4v) is 6.61. The lowest BCUT2D eigenvalue weighted by Gasteiger charge is -2.28. The van der Waals surface area contributed by atoms with Crippen molar-refractivity contribution in [2.45, 2.75) is 187 Å². The molecule has 0 aromatic carbocycles. The van der Waals surface area contributed by atoms with Crippen molar-refractivity contribution < 1.29 is 42.1 Å². The minimum Gasteiger partial charge on any atom is -0.756 e. The van der Waals surface area contributed by atoms with Crippen molar-refractivity contribution in [2.24, 2.45) is 0 Å². The number of esters is 2. The molecule has 0 aliphatic heterocycles. The van der Waals surface area contributed by atoms with Crippen LogP contribution in [0.5, 0.6) is 0 Å². The van der Waals surface area contributed by atoms with E-state index in [0.717, 1.165) is 57.8 Å². The van der Waals surface area contributed by atoms with Gasteiger partial charge < -0.3 is 27.9 Å². The van der Waals surface area contributed by atoms with E-state index in [1.165, 1.54) is 89.9 Å². The molecule has 0 saturated heterocycles. The third-order valence-corrected chi connectivity index (χ3v) is 10.3. The van der Waals surface area contributed by atoms with Crippen LogP contribution in [0.25, 0.3) is 0 Å². The number of nitrogens with zero attached hydrogens (tertiary/aromatic N) is 1. The molecule has 0 N–H and O–H groups in total. The summed E-state index contributed by atoms with van der Waals surface area (Å²) in [6, 6.07) is 0. The van der Waals surface area contributed by atoms with E-state index in [1.807, 2.05) is 21.1 Å². The lowest BCUT2D eigenvalue weighted by Crippen LogP contribution is -2.37. The Kier molecular flexibility index (Phi) is 37.1. The second-order valence-corrected chi connectivity index (χ2v) is 17.4. The van der Waals surface area contributed by atoms with Gasteiger partial charge in [-0.3, -0.25) is 14.2 Å². The molecule has 0 bridgehead atoms. The first-order valence-electron chi connectivity index (χ1n) is 22.3. The maximum Gasteiger partial charge on any atom is 0.306 e. The summed E-state index contributed by atoms with van der Waals surface area (Å²) < 4.78 is 33.9. The van der Waals surface area contributed by atoms with Gasteiger partial charge in [0.15, 0.2) is 6.10 Å². The first kappa shape index (κ1) is 54.0. The van der Waals surface area contributed by atoms with Crippen LogP contribution in [-0.2, 0) is 32.7 Å². The SMILES string of the molecule is CC/C=C\C/C=C\C/C=C\C/C=C\CCCCC(=O)OC(COC(=O)CCCCCCCCCCCCCCCCCCC)COP(=O)([O-])OCC[N+](C)(C)C. The van der Waals surface area contributed by atoms with Crippen molar-refractivity contribution in [3.63, 3.8) is 0 Å². The van der Waals surface area contributed by atoms with Gasteiger partial charge in [0.05, 0.1) is 27.7 Å². The second kappa shape index (κ2) is 38.5. The fourth-order valence-electron chi connectivity index (χ4n) is 5.88. The average molecular weight is 810 g/mol. The lowest BCUT2D eigenvalue weighted by atomic mass is 10.0. The summed E-state index contributed by atoms with van der Waals surface area (Å²) >= 11 is 0. The molecule has 56 heavy (non-hydrogen) atoms. The molecule has 0 saturated carbocycles. The number of ether oxygens (including phenoxy) is 2.